The van der Waals surface area contributed by atoms with Gasteiger partial charge in [0.25, 0.3) is 5.91 Å². The second kappa shape index (κ2) is 8.64. The fraction of sp³-hybridized carbons (Fsp3) is 0.250. The first-order valence-corrected chi connectivity index (χ1v) is 9.43. The van der Waals surface area contributed by atoms with E-state index >= 15 is 0 Å². The summed E-state index contributed by atoms with van der Waals surface area (Å²) in [5.74, 6) is 1.21. The van der Waals surface area contributed by atoms with Gasteiger partial charge in [0.1, 0.15) is 16.5 Å². The molecule has 0 aliphatic rings. The first kappa shape index (κ1) is 18.8. The maximum Gasteiger partial charge on any atom is 0.267 e. The number of anilines is 1. The molecule has 7 heteroatoms. The Balaban J connectivity index is 1.66. The number of hydrogen-bond donors (Lipinski definition) is 1. The predicted octanol–water partition coefficient (Wildman–Crippen LogP) is 4.32. The average Bonchev–Trinajstić information content (AvgIpc) is 3.14. The van der Waals surface area contributed by atoms with E-state index in [2.05, 4.69) is 15.5 Å². The number of nitrogens with one attached hydrogen (secondary N) is 1. The lowest BCUT2D eigenvalue weighted by Crippen LogP contribution is -2.32. The van der Waals surface area contributed by atoms with E-state index in [1.54, 1.807) is 7.11 Å². The molecule has 3 rings (SSSR count). The maximum atomic E-state index is 12.5. The number of ether oxygens (including phenoxy) is 2. The minimum absolute atomic E-state index is 0.239. The summed E-state index contributed by atoms with van der Waals surface area (Å²) in [6.07, 6.45) is -0.0515. The van der Waals surface area contributed by atoms with E-state index < -0.39 is 6.10 Å². The maximum absolute atomic E-state index is 12.5. The lowest BCUT2D eigenvalue weighted by atomic mass is 10.2. The van der Waals surface area contributed by atoms with Crippen LogP contribution in [0, 0.1) is 6.92 Å². The molecule has 0 spiro atoms. The van der Waals surface area contributed by atoms with E-state index in [-0.39, 0.29) is 5.91 Å². The van der Waals surface area contributed by atoms with Crippen LogP contribution in [0.15, 0.2) is 48.5 Å². The SMILES string of the molecule is CC[C@H](Oc1cccc(C)c1)C(=O)Nc1nnc(-c2ccc(OC)cc2)s1. The van der Waals surface area contributed by atoms with E-state index in [4.69, 9.17) is 9.47 Å². The van der Waals surface area contributed by atoms with Crippen LogP contribution >= 0.6 is 11.3 Å². The van der Waals surface area contributed by atoms with Crippen LogP contribution in [0.2, 0.25) is 0 Å². The lowest BCUT2D eigenvalue weighted by molar-refractivity contribution is -0.122. The highest BCUT2D eigenvalue weighted by Gasteiger charge is 2.20. The number of benzene rings is 2. The van der Waals surface area contributed by atoms with Crippen molar-refractivity contribution in [1.29, 1.82) is 0 Å². The summed E-state index contributed by atoms with van der Waals surface area (Å²) in [4.78, 5) is 12.5. The largest absolute Gasteiger partial charge is 0.497 e. The third kappa shape index (κ3) is 4.83. The minimum Gasteiger partial charge on any atom is -0.497 e. The molecule has 1 N–H and O–H groups in total. The van der Waals surface area contributed by atoms with Crippen LogP contribution in [0.4, 0.5) is 5.13 Å². The number of amides is 1. The zero-order valence-corrected chi connectivity index (χ0v) is 16.2. The second-order valence-electron chi connectivity index (χ2n) is 5.96. The summed E-state index contributed by atoms with van der Waals surface area (Å²) < 4.78 is 11.0. The van der Waals surface area contributed by atoms with E-state index in [1.165, 1.54) is 11.3 Å². The number of hydrogen-bond acceptors (Lipinski definition) is 6. The van der Waals surface area contributed by atoms with Gasteiger partial charge in [-0.15, -0.1) is 10.2 Å². The quantitative estimate of drug-likeness (QED) is 0.658. The summed E-state index contributed by atoms with van der Waals surface area (Å²) in [5.41, 5.74) is 1.99. The van der Waals surface area contributed by atoms with Crippen LogP contribution in [0.25, 0.3) is 10.6 Å². The number of rotatable bonds is 7. The zero-order chi connectivity index (χ0) is 19.2. The fourth-order valence-electron chi connectivity index (χ4n) is 2.49. The summed E-state index contributed by atoms with van der Waals surface area (Å²) in [7, 11) is 1.62. The van der Waals surface area contributed by atoms with Crippen molar-refractivity contribution in [3.8, 4) is 22.1 Å². The van der Waals surface area contributed by atoms with E-state index in [0.29, 0.717) is 17.3 Å². The predicted molar refractivity (Wildman–Crippen MR) is 106 cm³/mol. The van der Waals surface area contributed by atoms with Gasteiger partial charge in [0.05, 0.1) is 7.11 Å². The highest BCUT2D eigenvalue weighted by molar-refractivity contribution is 7.18. The Labute approximate surface area is 162 Å². The molecular formula is C20H21N3O3S. The first-order chi connectivity index (χ1) is 13.1. The van der Waals surface area contributed by atoms with Gasteiger partial charge in [-0.1, -0.05) is 30.4 Å². The Hall–Kier alpha value is -2.93. The molecule has 1 atom stereocenters. The van der Waals surface area contributed by atoms with Gasteiger partial charge >= 0.3 is 0 Å². The Morgan fingerprint density at radius 3 is 2.59 bits per heavy atom. The molecule has 1 heterocycles. The molecule has 140 valence electrons. The van der Waals surface area contributed by atoms with Gasteiger partial charge in [0.2, 0.25) is 5.13 Å². The molecule has 0 saturated heterocycles. The molecule has 6 nitrogen and oxygen atoms in total. The van der Waals surface area contributed by atoms with Gasteiger partial charge in [-0.2, -0.15) is 0 Å². The Morgan fingerprint density at radius 2 is 1.93 bits per heavy atom. The monoisotopic (exact) mass is 383 g/mol. The number of aromatic nitrogens is 2. The number of nitrogens with zero attached hydrogens (tertiary/aromatic N) is 2. The molecule has 2 aromatic carbocycles. The molecule has 0 radical (unpaired) electrons. The van der Waals surface area contributed by atoms with Crippen molar-refractivity contribution in [1.82, 2.24) is 10.2 Å². The molecule has 1 aromatic heterocycles. The normalized spacial score (nSPS) is 11.7. The summed E-state index contributed by atoms with van der Waals surface area (Å²) >= 11 is 1.31. The number of carbonyl (C=O) groups is 1. The highest BCUT2D eigenvalue weighted by atomic mass is 32.1. The van der Waals surface area contributed by atoms with Crippen molar-refractivity contribution < 1.29 is 14.3 Å². The lowest BCUT2D eigenvalue weighted by Gasteiger charge is -2.16. The Bertz CT molecular complexity index is 909. The van der Waals surface area contributed by atoms with Crippen LogP contribution in [-0.4, -0.2) is 29.3 Å². The molecule has 0 aliphatic heterocycles. The number of carbonyl (C=O) groups excluding carboxylic acids is 1. The average molecular weight is 383 g/mol. The first-order valence-electron chi connectivity index (χ1n) is 8.61. The van der Waals surface area contributed by atoms with E-state index in [1.807, 2.05) is 62.4 Å². The molecule has 0 unspecified atom stereocenters. The third-order valence-electron chi connectivity index (χ3n) is 3.92. The second-order valence-corrected chi connectivity index (χ2v) is 6.94. The van der Waals surface area contributed by atoms with Crippen LogP contribution in [-0.2, 0) is 4.79 Å². The smallest absolute Gasteiger partial charge is 0.267 e. The topological polar surface area (TPSA) is 73.3 Å². The van der Waals surface area contributed by atoms with Crippen molar-refractivity contribution in [3.05, 3.63) is 54.1 Å². The third-order valence-corrected chi connectivity index (χ3v) is 4.81. The molecular weight excluding hydrogens is 362 g/mol. The molecule has 1 amide bonds. The molecule has 0 aliphatic carbocycles. The van der Waals surface area contributed by atoms with Crippen LogP contribution in [0.1, 0.15) is 18.9 Å². The summed E-state index contributed by atoms with van der Waals surface area (Å²) in [5, 5.41) is 12.2. The van der Waals surface area contributed by atoms with Gasteiger partial charge in [-0.3, -0.25) is 10.1 Å². The Kier molecular flexibility index (Phi) is 6.03. The van der Waals surface area contributed by atoms with Gasteiger partial charge in [-0.05, 0) is 55.3 Å². The van der Waals surface area contributed by atoms with Gasteiger partial charge in [-0.25, -0.2) is 0 Å². The summed E-state index contributed by atoms with van der Waals surface area (Å²) in [6, 6.07) is 15.2. The van der Waals surface area contributed by atoms with Gasteiger partial charge in [0, 0.05) is 5.56 Å². The van der Waals surface area contributed by atoms with Crippen molar-refractivity contribution in [2.75, 3.05) is 12.4 Å². The van der Waals surface area contributed by atoms with Crippen molar-refractivity contribution in [2.24, 2.45) is 0 Å². The van der Waals surface area contributed by atoms with E-state index in [0.717, 1.165) is 21.9 Å². The highest BCUT2D eigenvalue weighted by Crippen LogP contribution is 2.28. The van der Waals surface area contributed by atoms with E-state index in [9.17, 15) is 4.79 Å². The standard InChI is InChI=1S/C20H21N3O3S/c1-4-17(26-16-7-5-6-13(2)12-16)18(24)21-20-23-22-19(27-20)14-8-10-15(25-3)11-9-14/h5-12,17H,4H2,1-3H3,(H,21,23,24)/t17-/m0/s1. The van der Waals surface area contributed by atoms with Gasteiger partial charge in [0.15, 0.2) is 6.10 Å². The number of aryl methyl sites for hydroxylation is 1. The van der Waals surface area contributed by atoms with Crippen molar-refractivity contribution >= 4 is 22.4 Å². The minimum atomic E-state index is -0.597. The van der Waals surface area contributed by atoms with Crippen molar-refractivity contribution in [3.63, 3.8) is 0 Å². The molecule has 0 saturated carbocycles. The van der Waals surface area contributed by atoms with Crippen LogP contribution in [0.5, 0.6) is 11.5 Å². The molecule has 27 heavy (non-hydrogen) atoms. The Morgan fingerprint density at radius 1 is 1.15 bits per heavy atom. The zero-order valence-electron chi connectivity index (χ0n) is 15.4. The van der Waals surface area contributed by atoms with Crippen LogP contribution < -0.4 is 14.8 Å². The fourth-order valence-corrected chi connectivity index (χ4v) is 3.24. The molecule has 0 bridgehead atoms. The molecule has 0 fully saturated rings. The number of methoxy groups -OCH3 is 1. The summed E-state index contributed by atoms with van der Waals surface area (Å²) in [6.45, 7) is 3.89. The van der Waals surface area contributed by atoms with Gasteiger partial charge < -0.3 is 9.47 Å². The molecule has 3 aromatic rings. The van der Waals surface area contributed by atoms with Crippen LogP contribution in [0.3, 0.4) is 0 Å². The van der Waals surface area contributed by atoms with Crippen molar-refractivity contribution in [2.45, 2.75) is 26.4 Å².